The molecule has 94 valence electrons. The van der Waals surface area contributed by atoms with Crippen molar-refractivity contribution in [2.24, 2.45) is 0 Å². The molecule has 17 heavy (non-hydrogen) atoms. The van der Waals surface area contributed by atoms with Crippen LogP contribution in [0, 0.1) is 0 Å². The summed E-state index contributed by atoms with van der Waals surface area (Å²) in [5, 5.41) is 3.14. The van der Waals surface area contributed by atoms with E-state index in [1.807, 2.05) is 50.2 Å². The van der Waals surface area contributed by atoms with Gasteiger partial charge < -0.3 is 15.1 Å². The van der Waals surface area contributed by atoms with Crippen LogP contribution in [0.2, 0.25) is 0 Å². The second-order valence-electron chi connectivity index (χ2n) is 4.21. The van der Waals surface area contributed by atoms with Crippen LogP contribution in [-0.2, 0) is 4.79 Å². The number of hydrogen-bond acceptors (Lipinski definition) is 3. The van der Waals surface area contributed by atoms with Crippen LogP contribution in [0.4, 0.5) is 11.4 Å². The fourth-order valence-electron chi connectivity index (χ4n) is 1.38. The van der Waals surface area contributed by atoms with Gasteiger partial charge in [-0.2, -0.15) is 0 Å². The molecular formula is C13H21N3O. The molecule has 0 unspecified atom stereocenters. The number of hydrogen-bond donors (Lipinski definition) is 1. The molecule has 0 spiro atoms. The van der Waals surface area contributed by atoms with E-state index in [-0.39, 0.29) is 5.91 Å². The number of rotatable bonds is 5. The van der Waals surface area contributed by atoms with E-state index in [1.54, 1.807) is 11.9 Å². The van der Waals surface area contributed by atoms with Crippen LogP contribution in [0.1, 0.15) is 6.92 Å². The first-order chi connectivity index (χ1) is 8.04. The molecule has 0 bridgehead atoms. The topological polar surface area (TPSA) is 35.6 Å². The van der Waals surface area contributed by atoms with Crippen LogP contribution in [0.3, 0.4) is 0 Å². The molecule has 4 nitrogen and oxygen atoms in total. The first-order valence-corrected chi connectivity index (χ1v) is 5.79. The molecule has 0 aliphatic heterocycles. The van der Waals surface area contributed by atoms with Gasteiger partial charge in [-0.15, -0.1) is 0 Å². The Kier molecular flexibility index (Phi) is 4.82. The van der Waals surface area contributed by atoms with E-state index >= 15 is 0 Å². The lowest BCUT2D eigenvalue weighted by Gasteiger charge is -2.17. The maximum absolute atomic E-state index is 11.6. The summed E-state index contributed by atoms with van der Waals surface area (Å²) in [6, 6.07) is 8.00. The Bertz CT molecular complexity index is 377. The summed E-state index contributed by atoms with van der Waals surface area (Å²) in [7, 11) is 5.80. The Morgan fingerprint density at radius 3 is 2.59 bits per heavy atom. The molecule has 1 rings (SSSR count). The van der Waals surface area contributed by atoms with Crippen LogP contribution in [0.15, 0.2) is 24.3 Å². The normalized spacial score (nSPS) is 9.88. The number of anilines is 2. The van der Waals surface area contributed by atoms with E-state index in [0.717, 1.165) is 17.9 Å². The highest BCUT2D eigenvalue weighted by Gasteiger charge is 2.05. The average Bonchev–Trinajstić information content (AvgIpc) is 2.35. The van der Waals surface area contributed by atoms with Gasteiger partial charge in [-0.05, 0) is 25.1 Å². The van der Waals surface area contributed by atoms with Gasteiger partial charge >= 0.3 is 0 Å². The summed E-state index contributed by atoms with van der Waals surface area (Å²) < 4.78 is 0. The third-order valence-corrected chi connectivity index (χ3v) is 2.71. The van der Waals surface area contributed by atoms with Crippen molar-refractivity contribution >= 4 is 17.3 Å². The van der Waals surface area contributed by atoms with E-state index in [1.165, 1.54) is 0 Å². The minimum Gasteiger partial charge on any atom is -0.378 e. The van der Waals surface area contributed by atoms with E-state index in [0.29, 0.717) is 6.54 Å². The molecule has 0 aliphatic rings. The van der Waals surface area contributed by atoms with Gasteiger partial charge in [-0.3, -0.25) is 4.79 Å². The molecule has 0 aromatic heterocycles. The zero-order valence-electron chi connectivity index (χ0n) is 11.0. The van der Waals surface area contributed by atoms with Crippen LogP contribution in [-0.4, -0.2) is 45.0 Å². The van der Waals surface area contributed by atoms with E-state index < -0.39 is 0 Å². The summed E-state index contributed by atoms with van der Waals surface area (Å²) in [5.74, 6) is 0.0998. The molecule has 0 saturated heterocycles. The second kappa shape index (κ2) is 6.13. The highest BCUT2D eigenvalue weighted by Crippen LogP contribution is 2.16. The lowest BCUT2D eigenvalue weighted by atomic mass is 10.2. The van der Waals surface area contributed by atoms with E-state index in [2.05, 4.69) is 5.32 Å². The van der Waals surface area contributed by atoms with Crippen LogP contribution < -0.4 is 10.2 Å². The molecule has 0 saturated carbocycles. The number of carbonyl (C=O) groups is 1. The quantitative estimate of drug-likeness (QED) is 0.843. The maximum Gasteiger partial charge on any atom is 0.241 e. The van der Waals surface area contributed by atoms with Gasteiger partial charge in [0.25, 0.3) is 0 Å². The lowest BCUT2D eigenvalue weighted by molar-refractivity contribution is -0.127. The molecule has 0 radical (unpaired) electrons. The zero-order chi connectivity index (χ0) is 12.8. The second-order valence-corrected chi connectivity index (χ2v) is 4.21. The van der Waals surface area contributed by atoms with Crippen molar-refractivity contribution in [1.29, 1.82) is 0 Å². The SMILES string of the molecule is CCN(C)C(=O)CNc1cccc(N(C)C)c1. The van der Waals surface area contributed by atoms with Gasteiger partial charge in [0, 0.05) is 39.1 Å². The number of nitrogens with one attached hydrogen (secondary N) is 1. The Labute approximate surface area is 103 Å². The first-order valence-electron chi connectivity index (χ1n) is 5.79. The Morgan fingerprint density at radius 2 is 2.00 bits per heavy atom. The van der Waals surface area contributed by atoms with Crippen LogP contribution >= 0.6 is 0 Å². The molecule has 1 aromatic rings. The third kappa shape index (κ3) is 3.98. The molecule has 0 heterocycles. The number of likely N-dealkylation sites (N-methyl/N-ethyl adjacent to an activating group) is 1. The molecular weight excluding hydrogens is 214 g/mol. The standard InChI is InChI=1S/C13H21N3O/c1-5-16(4)13(17)10-14-11-7-6-8-12(9-11)15(2)3/h6-9,14H,5,10H2,1-4H3. The van der Waals surface area contributed by atoms with Gasteiger partial charge in [0.1, 0.15) is 0 Å². The zero-order valence-corrected chi connectivity index (χ0v) is 11.0. The summed E-state index contributed by atoms with van der Waals surface area (Å²) in [5.41, 5.74) is 2.08. The molecule has 0 atom stereocenters. The van der Waals surface area contributed by atoms with E-state index in [4.69, 9.17) is 0 Å². The van der Waals surface area contributed by atoms with Crippen molar-refractivity contribution in [1.82, 2.24) is 4.90 Å². The van der Waals surface area contributed by atoms with Crippen molar-refractivity contribution in [2.45, 2.75) is 6.92 Å². The average molecular weight is 235 g/mol. The van der Waals surface area contributed by atoms with Crippen LogP contribution in [0.5, 0.6) is 0 Å². The summed E-state index contributed by atoms with van der Waals surface area (Å²) in [4.78, 5) is 15.3. The predicted octanol–water partition coefficient (Wildman–Crippen LogP) is 1.64. The van der Waals surface area contributed by atoms with Crippen molar-refractivity contribution in [3.63, 3.8) is 0 Å². The summed E-state index contributed by atoms with van der Waals surface area (Å²) >= 11 is 0. The highest BCUT2D eigenvalue weighted by atomic mass is 16.2. The van der Waals surface area contributed by atoms with Gasteiger partial charge in [0.15, 0.2) is 0 Å². The molecule has 4 heteroatoms. The Morgan fingerprint density at radius 1 is 1.29 bits per heavy atom. The number of nitrogens with zero attached hydrogens (tertiary/aromatic N) is 2. The molecule has 0 aliphatic carbocycles. The fraction of sp³-hybridized carbons (Fsp3) is 0.462. The minimum absolute atomic E-state index is 0.0998. The molecule has 0 fully saturated rings. The number of carbonyl (C=O) groups excluding carboxylic acids is 1. The predicted molar refractivity (Wildman–Crippen MR) is 72.6 cm³/mol. The Hall–Kier alpha value is -1.71. The van der Waals surface area contributed by atoms with Gasteiger partial charge in [-0.25, -0.2) is 0 Å². The van der Waals surface area contributed by atoms with Gasteiger partial charge in [-0.1, -0.05) is 6.07 Å². The number of benzene rings is 1. The van der Waals surface area contributed by atoms with Gasteiger partial charge in [0.2, 0.25) is 5.91 Å². The number of amides is 1. The monoisotopic (exact) mass is 235 g/mol. The third-order valence-electron chi connectivity index (χ3n) is 2.71. The van der Waals surface area contributed by atoms with E-state index in [9.17, 15) is 4.79 Å². The summed E-state index contributed by atoms with van der Waals surface area (Å²) in [6.07, 6.45) is 0. The van der Waals surface area contributed by atoms with Crippen molar-refractivity contribution in [3.05, 3.63) is 24.3 Å². The molecule has 1 aromatic carbocycles. The molecule has 1 N–H and O–H groups in total. The van der Waals surface area contributed by atoms with Gasteiger partial charge in [0.05, 0.1) is 6.54 Å². The van der Waals surface area contributed by atoms with Crippen molar-refractivity contribution in [2.75, 3.05) is 44.4 Å². The van der Waals surface area contributed by atoms with Crippen molar-refractivity contribution in [3.8, 4) is 0 Å². The lowest BCUT2D eigenvalue weighted by Crippen LogP contribution is -2.31. The summed E-state index contributed by atoms with van der Waals surface area (Å²) in [6.45, 7) is 3.03. The highest BCUT2D eigenvalue weighted by molar-refractivity contribution is 5.80. The Balaban J connectivity index is 2.57. The van der Waals surface area contributed by atoms with Crippen LogP contribution in [0.25, 0.3) is 0 Å². The largest absolute Gasteiger partial charge is 0.378 e. The first kappa shape index (κ1) is 13.4. The molecule has 1 amide bonds. The smallest absolute Gasteiger partial charge is 0.241 e. The fourth-order valence-corrected chi connectivity index (χ4v) is 1.38. The minimum atomic E-state index is 0.0998. The maximum atomic E-state index is 11.6. The van der Waals surface area contributed by atoms with Crippen molar-refractivity contribution < 1.29 is 4.79 Å².